The number of carbonyl (C=O) groups is 2. The topological polar surface area (TPSA) is 151 Å². The summed E-state index contributed by atoms with van der Waals surface area (Å²) in [6.45, 7) is 0.992. The fourth-order valence-corrected chi connectivity index (χ4v) is 2.25. The number of nitrogens with one attached hydrogen (secondary N) is 1. The van der Waals surface area contributed by atoms with Gasteiger partial charge in [-0.1, -0.05) is 6.07 Å². The first kappa shape index (κ1) is 20.3. The zero-order valence-corrected chi connectivity index (χ0v) is 14.8. The molecule has 0 fully saturated rings. The largest absolute Gasteiger partial charge is 0.477 e. The number of rotatable bonds is 7. The first-order valence-corrected chi connectivity index (χ1v) is 7.77. The zero-order chi connectivity index (χ0) is 20.8. The van der Waals surface area contributed by atoms with Gasteiger partial charge in [0, 0.05) is 18.2 Å². The van der Waals surface area contributed by atoms with Crippen LogP contribution in [-0.4, -0.2) is 35.4 Å². The summed E-state index contributed by atoms with van der Waals surface area (Å²) in [7, 11) is 1.15. The van der Waals surface area contributed by atoms with Gasteiger partial charge in [-0.05, 0) is 24.6 Å². The van der Waals surface area contributed by atoms with E-state index in [0.29, 0.717) is 5.56 Å². The summed E-state index contributed by atoms with van der Waals surface area (Å²) in [6, 6.07) is 7.55. The number of carbonyl (C=O) groups excluding carboxylic acids is 2. The number of nitro groups is 2. The molecule has 0 unspecified atom stereocenters. The molecule has 2 rings (SSSR count). The van der Waals surface area contributed by atoms with E-state index in [-0.39, 0.29) is 22.7 Å². The monoisotopic (exact) mass is 389 g/mol. The van der Waals surface area contributed by atoms with E-state index in [9.17, 15) is 29.8 Å². The summed E-state index contributed by atoms with van der Waals surface area (Å²) in [5.41, 5.74) is -0.162. The summed E-state index contributed by atoms with van der Waals surface area (Å²) >= 11 is 0. The molecule has 2 aromatic carbocycles. The number of benzene rings is 2. The van der Waals surface area contributed by atoms with Crippen molar-refractivity contribution >= 4 is 28.9 Å². The molecule has 0 bridgehead atoms. The van der Waals surface area contributed by atoms with Gasteiger partial charge in [-0.2, -0.15) is 0 Å². The maximum absolute atomic E-state index is 12.1. The van der Waals surface area contributed by atoms with Crippen molar-refractivity contribution in [3.05, 3.63) is 67.8 Å². The van der Waals surface area contributed by atoms with Gasteiger partial charge < -0.3 is 14.8 Å². The predicted octanol–water partition coefficient (Wildman–Crippen LogP) is 2.62. The maximum atomic E-state index is 12.1. The maximum Gasteiger partial charge on any atom is 0.337 e. The van der Waals surface area contributed by atoms with Crippen LogP contribution < -0.4 is 10.1 Å². The van der Waals surface area contributed by atoms with Crippen LogP contribution in [0.5, 0.6) is 5.75 Å². The molecule has 146 valence electrons. The summed E-state index contributed by atoms with van der Waals surface area (Å²) in [4.78, 5) is 44.4. The van der Waals surface area contributed by atoms with E-state index in [1.807, 2.05) is 0 Å². The molecule has 0 spiro atoms. The fourth-order valence-electron chi connectivity index (χ4n) is 2.25. The lowest BCUT2D eigenvalue weighted by Crippen LogP contribution is -2.21. The van der Waals surface area contributed by atoms with Crippen LogP contribution in [-0.2, 0) is 9.53 Å². The van der Waals surface area contributed by atoms with Crippen molar-refractivity contribution in [3.63, 3.8) is 0 Å². The van der Waals surface area contributed by atoms with Crippen LogP contribution in [0.1, 0.15) is 15.9 Å². The van der Waals surface area contributed by atoms with Crippen molar-refractivity contribution in [1.29, 1.82) is 0 Å². The van der Waals surface area contributed by atoms with Crippen LogP contribution >= 0.6 is 0 Å². The Labute approximate surface area is 158 Å². The van der Waals surface area contributed by atoms with Crippen LogP contribution in [0.3, 0.4) is 0 Å². The highest BCUT2D eigenvalue weighted by Gasteiger charge is 2.21. The van der Waals surface area contributed by atoms with Crippen LogP contribution in [0.25, 0.3) is 0 Å². The zero-order valence-electron chi connectivity index (χ0n) is 14.8. The van der Waals surface area contributed by atoms with Gasteiger partial charge >= 0.3 is 11.7 Å². The van der Waals surface area contributed by atoms with Gasteiger partial charge in [0.1, 0.15) is 5.69 Å². The number of esters is 1. The molecule has 0 heterocycles. The average Bonchev–Trinajstić information content (AvgIpc) is 2.66. The van der Waals surface area contributed by atoms with Gasteiger partial charge in [0.05, 0.1) is 22.5 Å². The predicted molar refractivity (Wildman–Crippen MR) is 96.4 cm³/mol. The standard InChI is InChI=1S/C17H15N3O8/c1-10-3-5-12(14(7-10)20(25)26)18-16(21)9-28-15-8-11(17(22)27-2)4-6-13(15)19(23)24/h3-8H,9H2,1-2H3,(H,18,21). The number of ether oxygens (including phenoxy) is 2. The van der Waals surface area contributed by atoms with E-state index < -0.39 is 34.0 Å². The second-order valence-corrected chi connectivity index (χ2v) is 5.55. The minimum Gasteiger partial charge on any atom is -0.477 e. The Kier molecular flexibility index (Phi) is 6.22. The highest BCUT2D eigenvalue weighted by molar-refractivity contribution is 5.94. The Morgan fingerprint density at radius 3 is 2.32 bits per heavy atom. The number of nitrogens with zero attached hydrogens (tertiary/aromatic N) is 2. The highest BCUT2D eigenvalue weighted by atomic mass is 16.6. The van der Waals surface area contributed by atoms with Crippen molar-refractivity contribution in [2.75, 3.05) is 19.0 Å². The van der Waals surface area contributed by atoms with Gasteiger partial charge in [-0.3, -0.25) is 25.0 Å². The molecule has 2 aromatic rings. The Morgan fingerprint density at radius 1 is 1.04 bits per heavy atom. The Hall–Kier alpha value is -4.02. The SMILES string of the molecule is COC(=O)c1ccc([N+](=O)[O-])c(OCC(=O)Nc2ccc(C)cc2[N+](=O)[O-])c1. The molecule has 1 amide bonds. The fraction of sp³-hybridized carbons (Fsp3) is 0.176. The van der Waals surface area contributed by atoms with Crippen molar-refractivity contribution < 1.29 is 28.9 Å². The molecule has 11 nitrogen and oxygen atoms in total. The van der Waals surface area contributed by atoms with E-state index in [4.69, 9.17) is 4.74 Å². The number of hydrogen-bond donors (Lipinski definition) is 1. The number of anilines is 1. The number of aryl methyl sites for hydroxylation is 1. The quantitative estimate of drug-likeness (QED) is 0.431. The van der Waals surface area contributed by atoms with Crippen molar-refractivity contribution in [3.8, 4) is 5.75 Å². The lowest BCUT2D eigenvalue weighted by atomic mass is 10.2. The second kappa shape index (κ2) is 8.58. The lowest BCUT2D eigenvalue weighted by Gasteiger charge is -2.09. The molecular formula is C17H15N3O8. The molecule has 0 atom stereocenters. The number of amides is 1. The van der Waals surface area contributed by atoms with Crippen LogP contribution in [0, 0.1) is 27.2 Å². The van der Waals surface area contributed by atoms with E-state index in [1.165, 1.54) is 18.2 Å². The van der Waals surface area contributed by atoms with Gasteiger partial charge in [0.25, 0.3) is 11.6 Å². The molecule has 0 aliphatic carbocycles. The van der Waals surface area contributed by atoms with Crippen molar-refractivity contribution in [2.45, 2.75) is 6.92 Å². The molecule has 1 N–H and O–H groups in total. The number of hydrogen-bond acceptors (Lipinski definition) is 8. The molecular weight excluding hydrogens is 374 g/mol. The first-order chi connectivity index (χ1) is 13.2. The summed E-state index contributed by atoms with van der Waals surface area (Å²) in [5.74, 6) is -1.83. The van der Waals surface area contributed by atoms with E-state index in [2.05, 4.69) is 10.1 Å². The van der Waals surface area contributed by atoms with Gasteiger partial charge in [0.15, 0.2) is 12.4 Å². The molecule has 28 heavy (non-hydrogen) atoms. The molecule has 0 aromatic heterocycles. The number of nitro benzene ring substituents is 2. The van der Waals surface area contributed by atoms with Crippen molar-refractivity contribution in [2.24, 2.45) is 0 Å². The molecule has 0 radical (unpaired) electrons. The summed E-state index contributed by atoms with van der Waals surface area (Å²) in [5, 5.41) is 24.5. The van der Waals surface area contributed by atoms with Crippen LogP contribution in [0.15, 0.2) is 36.4 Å². The molecule has 0 saturated carbocycles. The molecule has 0 saturated heterocycles. The molecule has 11 heteroatoms. The van der Waals surface area contributed by atoms with E-state index >= 15 is 0 Å². The summed E-state index contributed by atoms with van der Waals surface area (Å²) < 4.78 is 9.69. The second-order valence-electron chi connectivity index (χ2n) is 5.55. The third-order valence-corrected chi connectivity index (χ3v) is 3.56. The van der Waals surface area contributed by atoms with Crippen LogP contribution in [0.4, 0.5) is 17.1 Å². The normalized spacial score (nSPS) is 10.1. The van der Waals surface area contributed by atoms with Gasteiger partial charge in [-0.25, -0.2) is 4.79 Å². The highest BCUT2D eigenvalue weighted by Crippen LogP contribution is 2.29. The van der Waals surface area contributed by atoms with Gasteiger partial charge in [0.2, 0.25) is 0 Å². The first-order valence-electron chi connectivity index (χ1n) is 7.77. The Morgan fingerprint density at radius 2 is 1.71 bits per heavy atom. The lowest BCUT2D eigenvalue weighted by molar-refractivity contribution is -0.385. The average molecular weight is 389 g/mol. The third kappa shape index (κ3) is 4.78. The Bertz CT molecular complexity index is 957. The minimum absolute atomic E-state index is 0.00215. The smallest absolute Gasteiger partial charge is 0.337 e. The van der Waals surface area contributed by atoms with E-state index in [1.54, 1.807) is 13.0 Å². The summed E-state index contributed by atoms with van der Waals surface area (Å²) in [6.07, 6.45) is 0. The molecule has 0 aliphatic rings. The third-order valence-electron chi connectivity index (χ3n) is 3.56. The van der Waals surface area contributed by atoms with E-state index in [0.717, 1.165) is 19.2 Å². The Balaban J connectivity index is 2.17. The minimum atomic E-state index is -0.773. The van der Waals surface area contributed by atoms with Gasteiger partial charge in [-0.15, -0.1) is 0 Å². The number of methoxy groups -OCH3 is 1. The van der Waals surface area contributed by atoms with Crippen molar-refractivity contribution in [1.82, 2.24) is 0 Å². The van der Waals surface area contributed by atoms with Crippen LogP contribution in [0.2, 0.25) is 0 Å². The molecule has 0 aliphatic heterocycles.